The topological polar surface area (TPSA) is 193 Å². The zero-order valence-corrected chi connectivity index (χ0v) is 32.8. The summed E-state index contributed by atoms with van der Waals surface area (Å²) in [6, 6.07) is 31.8. The molecule has 0 fully saturated rings. The van der Waals surface area contributed by atoms with E-state index in [0.717, 1.165) is 16.1 Å². The number of hydrogen-bond acceptors (Lipinski definition) is 9. The highest BCUT2D eigenvalue weighted by molar-refractivity contribution is 5.91. The van der Waals surface area contributed by atoms with Crippen LogP contribution in [0.2, 0.25) is 0 Å². The Bertz CT molecular complexity index is 1930. The van der Waals surface area contributed by atoms with Crippen molar-refractivity contribution in [2.24, 2.45) is 5.92 Å². The molecule has 58 heavy (non-hydrogen) atoms. The smallest absolute Gasteiger partial charge is 0.408 e. The number of urea groups is 1. The second kappa shape index (κ2) is 23.2. The summed E-state index contributed by atoms with van der Waals surface area (Å²) in [4.78, 5) is 77.7. The van der Waals surface area contributed by atoms with Gasteiger partial charge in [0.15, 0.2) is 0 Å². The first-order chi connectivity index (χ1) is 28.0. The number of hydrazine groups is 1. The summed E-state index contributed by atoms with van der Waals surface area (Å²) < 4.78 is 16.0. The standard InChI is InChI=1S/C43H50N6O9/c1-30(2)23-37(41(53)56-3)46-42(54)49(27-32-13-7-4-8-14-32)48-39(51)26-44-38(50)25-45-40(52)36(47-43(55)58-29-34-17-11-6-12-18-34)24-31-19-21-35(22-20-31)57-28-33-15-9-5-10-16-33/h4-22,30,36-37H,23-29H2,1-3H3,(H,44,50)(H,45,52)(H,46,54)(H,47,55)(H,48,51)/t36-,37-/m0/s1. The van der Waals surface area contributed by atoms with E-state index >= 15 is 0 Å². The maximum absolute atomic E-state index is 13.4. The van der Waals surface area contributed by atoms with Gasteiger partial charge in [-0.1, -0.05) is 117 Å². The number of nitrogens with zero attached hydrogens (tertiary/aromatic N) is 1. The van der Waals surface area contributed by atoms with Crippen molar-refractivity contribution < 1.29 is 43.0 Å². The van der Waals surface area contributed by atoms with Gasteiger partial charge in [0.2, 0.25) is 11.8 Å². The van der Waals surface area contributed by atoms with Crippen molar-refractivity contribution >= 4 is 35.8 Å². The van der Waals surface area contributed by atoms with Gasteiger partial charge in [-0.3, -0.25) is 19.8 Å². The van der Waals surface area contributed by atoms with Gasteiger partial charge in [-0.2, -0.15) is 0 Å². The van der Waals surface area contributed by atoms with Crippen molar-refractivity contribution in [1.82, 2.24) is 31.7 Å². The van der Waals surface area contributed by atoms with Crippen LogP contribution in [0.15, 0.2) is 115 Å². The van der Waals surface area contributed by atoms with Gasteiger partial charge in [-0.15, -0.1) is 0 Å². The van der Waals surface area contributed by atoms with Crippen LogP contribution in [0.1, 0.15) is 42.5 Å². The normalized spacial score (nSPS) is 11.6. The highest BCUT2D eigenvalue weighted by Crippen LogP contribution is 2.16. The third-order valence-electron chi connectivity index (χ3n) is 8.48. The fraction of sp³-hybridized carbons (Fsp3) is 0.302. The first-order valence-electron chi connectivity index (χ1n) is 18.8. The number of methoxy groups -OCH3 is 1. The Morgan fingerprint density at radius 2 is 1.19 bits per heavy atom. The van der Waals surface area contributed by atoms with Crippen LogP contribution < -0.4 is 31.4 Å². The number of amides is 6. The summed E-state index contributed by atoms with van der Waals surface area (Å²) in [5.74, 6) is -2.10. The lowest BCUT2D eigenvalue weighted by atomic mass is 10.0. The number of nitrogens with one attached hydrogen (secondary N) is 5. The minimum Gasteiger partial charge on any atom is -0.489 e. The highest BCUT2D eigenvalue weighted by Gasteiger charge is 2.27. The Kier molecular flexibility index (Phi) is 17.6. The Morgan fingerprint density at radius 1 is 0.621 bits per heavy atom. The zero-order chi connectivity index (χ0) is 41.7. The van der Waals surface area contributed by atoms with Gasteiger partial charge in [-0.25, -0.2) is 19.4 Å². The fourth-order valence-corrected chi connectivity index (χ4v) is 5.52. The molecule has 0 radical (unpaired) electrons. The third kappa shape index (κ3) is 15.7. The van der Waals surface area contributed by atoms with E-state index in [0.29, 0.717) is 29.9 Å². The average molecular weight is 795 g/mol. The SMILES string of the molecule is COC(=O)[C@H](CC(C)C)NC(=O)N(Cc1ccccc1)NC(=O)CNC(=O)CNC(=O)[C@H](Cc1ccc(OCc2ccccc2)cc1)NC(=O)OCc1ccccc1. The Morgan fingerprint density at radius 3 is 1.78 bits per heavy atom. The molecule has 4 aromatic rings. The van der Waals surface area contributed by atoms with Crippen LogP contribution in [0.5, 0.6) is 5.75 Å². The van der Waals surface area contributed by atoms with Crippen LogP contribution in [-0.4, -0.2) is 73.1 Å². The van der Waals surface area contributed by atoms with Crippen molar-refractivity contribution in [1.29, 1.82) is 0 Å². The van der Waals surface area contributed by atoms with E-state index in [2.05, 4.69) is 26.7 Å². The molecular formula is C43H50N6O9. The molecule has 0 spiro atoms. The van der Waals surface area contributed by atoms with Crippen LogP contribution in [0, 0.1) is 5.92 Å². The number of hydrogen-bond donors (Lipinski definition) is 5. The number of ether oxygens (including phenoxy) is 3. The molecule has 2 atom stereocenters. The first kappa shape index (κ1) is 43.8. The molecule has 0 saturated heterocycles. The number of benzene rings is 4. The monoisotopic (exact) mass is 794 g/mol. The average Bonchev–Trinajstić information content (AvgIpc) is 3.23. The molecule has 0 aromatic heterocycles. The third-order valence-corrected chi connectivity index (χ3v) is 8.48. The molecular weight excluding hydrogens is 745 g/mol. The van der Waals surface area contributed by atoms with Crippen molar-refractivity contribution in [2.45, 2.75) is 58.5 Å². The lowest BCUT2D eigenvalue weighted by Gasteiger charge is -2.27. The van der Waals surface area contributed by atoms with Gasteiger partial charge in [0.25, 0.3) is 5.91 Å². The van der Waals surface area contributed by atoms with Gasteiger partial charge in [0.05, 0.1) is 26.7 Å². The zero-order valence-electron chi connectivity index (χ0n) is 32.8. The minimum absolute atomic E-state index is 0.0207. The van der Waals surface area contributed by atoms with Gasteiger partial charge in [-0.05, 0) is 46.7 Å². The molecule has 0 heterocycles. The largest absolute Gasteiger partial charge is 0.489 e. The highest BCUT2D eigenvalue weighted by atomic mass is 16.5. The molecule has 0 aliphatic carbocycles. The molecule has 306 valence electrons. The molecule has 6 amide bonds. The summed E-state index contributed by atoms with van der Waals surface area (Å²) >= 11 is 0. The van der Waals surface area contributed by atoms with Crippen LogP contribution in [0.25, 0.3) is 0 Å². The number of esters is 1. The van der Waals surface area contributed by atoms with E-state index in [4.69, 9.17) is 14.2 Å². The van der Waals surface area contributed by atoms with E-state index in [1.807, 2.05) is 62.4 Å². The molecule has 15 nitrogen and oxygen atoms in total. The molecule has 0 saturated carbocycles. The maximum atomic E-state index is 13.4. The van der Waals surface area contributed by atoms with E-state index in [1.54, 1.807) is 66.7 Å². The summed E-state index contributed by atoms with van der Waals surface area (Å²) in [5.41, 5.74) is 5.61. The predicted molar refractivity (Wildman–Crippen MR) is 214 cm³/mol. The molecule has 0 aliphatic rings. The lowest BCUT2D eigenvalue weighted by molar-refractivity contribution is -0.143. The second-order valence-corrected chi connectivity index (χ2v) is 13.6. The van der Waals surface area contributed by atoms with E-state index in [9.17, 15) is 28.8 Å². The Balaban J connectivity index is 1.33. The predicted octanol–water partition coefficient (Wildman–Crippen LogP) is 4.17. The van der Waals surface area contributed by atoms with Crippen molar-refractivity contribution in [3.63, 3.8) is 0 Å². The minimum atomic E-state index is -1.13. The van der Waals surface area contributed by atoms with E-state index in [-0.39, 0.29) is 25.5 Å². The summed E-state index contributed by atoms with van der Waals surface area (Å²) in [5, 5.41) is 11.1. The van der Waals surface area contributed by atoms with Gasteiger partial charge < -0.3 is 35.5 Å². The van der Waals surface area contributed by atoms with Gasteiger partial charge >= 0.3 is 18.1 Å². The van der Waals surface area contributed by atoms with Crippen molar-refractivity contribution in [2.75, 3.05) is 20.2 Å². The second-order valence-electron chi connectivity index (χ2n) is 13.6. The van der Waals surface area contributed by atoms with Crippen molar-refractivity contribution in [3.05, 3.63) is 138 Å². The summed E-state index contributed by atoms with van der Waals surface area (Å²) in [7, 11) is 1.22. The quantitative estimate of drug-likeness (QED) is 0.0685. The van der Waals surface area contributed by atoms with Crippen LogP contribution in [-0.2, 0) is 54.8 Å². The lowest BCUT2D eigenvalue weighted by Crippen LogP contribution is -2.56. The van der Waals surface area contributed by atoms with Crippen molar-refractivity contribution in [3.8, 4) is 5.75 Å². The Hall–Kier alpha value is -6.90. The molecule has 0 bridgehead atoms. The van der Waals surface area contributed by atoms with Gasteiger partial charge in [0, 0.05) is 6.42 Å². The number of carbonyl (C=O) groups is 6. The van der Waals surface area contributed by atoms with Crippen LogP contribution in [0.3, 0.4) is 0 Å². The first-order valence-corrected chi connectivity index (χ1v) is 18.8. The maximum Gasteiger partial charge on any atom is 0.408 e. The number of rotatable bonds is 19. The van der Waals surface area contributed by atoms with Crippen LogP contribution >= 0.6 is 0 Å². The molecule has 4 rings (SSSR count). The summed E-state index contributed by atoms with van der Waals surface area (Å²) in [6.07, 6.45) is -0.475. The van der Waals surface area contributed by atoms with E-state index in [1.165, 1.54) is 7.11 Å². The Labute approximate surface area is 337 Å². The van der Waals surface area contributed by atoms with Gasteiger partial charge in [0.1, 0.15) is 31.0 Å². The number of alkyl carbamates (subject to hydrolysis) is 1. The van der Waals surface area contributed by atoms with Crippen LogP contribution in [0.4, 0.5) is 9.59 Å². The molecule has 0 aliphatic heterocycles. The molecule has 5 N–H and O–H groups in total. The number of carbonyl (C=O) groups excluding carboxylic acids is 6. The summed E-state index contributed by atoms with van der Waals surface area (Å²) in [6.45, 7) is 3.00. The molecule has 4 aromatic carbocycles. The fourth-order valence-electron chi connectivity index (χ4n) is 5.52. The molecule has 0 unspecified atom stereocenters. The molecule has 15 heteroatoms. The van der Waals surface area contributed by atoms with E-state index < -0.39 is 61.0 Å².